The lowest BCUT2D eigenvalue weighted by Gasteiger charge is -2.39. The van der Waals surface area contributed by atoms with Crippen molar-refractivity contribution in [2.75, 3.05) is 37.7 Å². The summed E-state index contributed by atoms with van der Waals surface area (Å²) in [7, 11) is 0. The summed E-state index contributed by atoms with van der Waals surface area (Å²) in [5.74, 6) is 0.991. The zero-order chi connectivity index (χ0) is 23.9. The number of rotatable bonds is 5. The molecule has 0 saturated carbocycles. The first-order valence-electron chi connectivity index (χ1n) is 12.4. The summed E-state index contributed by atoms with van der Waals surface area (Å²) in [6.45, 7) is 7.29. The fourth-order valence-electron chi connectivity index (χ4n) is 5.89. The molecule has 1 unspecified atom stereocenters. The molecule has 2 N–H and O–H groups in total. The van der Waals surface area contributed by atoms with E-state index in [1.807, 2.05) is 29.2 Å². The number of hydrogen-bond donors (Lipinski definition) is 2. The number of aromatic nitrogens is 2. The minimum Gasteiger partial charge on any atom is -0.396 e. The number of carbonyl (C=O) groups excluding carboxylic acids is 1. The summed E-state index contributed by atoms with van der Waals surface area (Å²) < 4.78 is 0. The van der Waals surface area contributed by atoms with Gasteiger partial charge in [0.25, 0.3) is 0 Å². The molecule has 1 amide bonds. The SMILES string of the molecule is CC1(C)CC[C@@H]([C@@H](C(=O)N2CCN(c3ncnc4c3C(CO)CC4)CC2)c2ccc(Cl)cc2)N1. The maximum atomic E-state index is 13.9. The van der Waals surface area contributed by atoms with Gasteiger partial charge in [0.1, 0.15) is 12.1 Å². The number of aliphatic hydroxyl groups is 1. The zero-order valence-electron chi connectivity index (χ0n) is 20.0. The number of piperazine rings is 1. The predicted octanol–water partition coefficient (Wildman–Crippen LogP) is 3.12. The lowest BCUT2D eigenvalue weighted by molar-refractivity contribution is -0.133. The lowest BCUT2D eigenvalue weighted by Crippen LogP contribution is -2.53. The summed E-state index contributed by atoms with van der Waals surface area (Å²) in [4.78, 5) is 27.2. The highest BCUT2D eigenvalue weighted by molar-refractivity contribution is 6.30. The van der Waals surface area contributed by atoms with Crippen LogP contribution in [0.15, 0.2) is 30.6 Å². The van der Waals surface area contributed by atoms with Crippen LogP contribution in [0.25, 0.3) is 0 Å². The summed E-state index contributed by atoms with van der Waals surface area (Å²) in [5.41, 5.74) is 3.21. The molecule has 0 spiro atoms. The van der Waals surface area contributed by atoms with Gasteiger partial charge >= 0.3 is 0 Å². The Morgan fingerprint density at radius 1 is 1.18 bits per heavy atom. The van der Waals surface area contributed by atoms with Crippen molar-refractivity contribution in [1.82, 2.24) is 20.2 Å². The number of aryl methyl sites for hydroxylation is 1. The van der Waals surface area contributed by atoms with E-state index in [-0.39, 0.29) is 35.9 Å². The molecule has 1 aromatic carbocycles. The highest BCUT2D eigenvalue weighted by Crippen LogP contribution is 2.38. The van der Waals surface area contributed by atoms with Crippen molar-refractivity contribution in [3.63, 3.8) is 0 Å². The number of nitrogens with zero attached hydrogens (tertiary/aromatic N) is 4. The van der Waals surface area contributed by atoms with E-state index in [1.165, 1.54) is 0 Å². The van der Waals surface area contributed by atoms with Gasteiger partial charge in [-0.05, 0) is 57.2 Å². The number of halogens is 1. The molecule has 2 aromatic rings. The first-order valence-corrected chi connectivity index (χ1v) is 12.8. The van der Waals surface area contributed by atoms with Gasteiger partial charge in [0.2, 0.25) is 5.91 Å². The molecule has 0 bridgehead atoms. The Kier molecular flexibility index (Phi) is 6.53. The Morgan fingerprint density at radius 3 is 2.56 bits per heavy atom. The zero-order valence-corrected chi connectivity index (χ0v) is 20.8. The highest BCUT2D eigenvalue weighted by atomic mass is 35.5. The fourth-order valence-corrected chi connectivity index (χ4v) is 6.02. The first kappa shape index (κ1) is 23.5. The lowest BCUT2D eigenvalue weighted by atomic mass is 9.88. The molecule has 7 nitrogen and oxygen atoms in total. The number of anilines is 1. The summed E-state index contributed by atoms with van der Waals surface area (Å²) >= 11 is 6.14. The van der Waals surface area contributed by atoms with Gasteiger partial charge in [-0.15, -0.1) is 0 Å². The Balaban J connectivity index is 1.33. The van der Waals surface area contributed by atoms with Crippen LogP contribution in [0.3, 0.4) is 0 Å². The van der Waals surface area contributed by atoms with Crippen molar-refractivity contribution >= 4 is 23.3 Å². The largest absolute Gasteiger partial charge is 0.396 e. The van der Waals surface area contributed by atoms with Crippen molar-refractivity contribution in [2.24, 2.45) is 0 Å². The number of nitrogens with one attached hydrogen (secondary N) is 1. The van der Waals surface area contributed by atoms with Gasteiger partial charge in [0.05, 0.1) is 12.5 Å². The number of fused-ring (bicyclic) bond motifs is 1. The van der Waals surface area contributed by atoms with Crippen molar-refractivity contribution in [3.8, 4) is 0 Å². The van der Waals surface area contributed by atoms with Crippen LogP contribution in [0.1, 0.15) is 61.8 Å². The molecule has 1 aromatic heterocycles. The van der Waals surface area contributed by atoms with Crippen LogP contribution in [0, 0.1) is 0 Å². The monoisotopic (exact) mass is 483 g/mol. The number of amides is 1. The van der Waals surface area contributed by atoms with Gasteiger partial charge in [0, 0.05) is 60.0 Å². The maximum Gasteiger partial charge on any atom is 0.231 e. The molecule has 2 saturated heterocycles. The van der Waals surface area contributed by atoms with Gasteiger partial charge in [-0.1, -0.05) is 23.7 Å². The van der Waals surface area contributed by atoms with E-state index >= 15 is 0 Å². The second-order valence-corrected chi connectivity index (χ2v) is 10.9. The van der Waals surface area contributed by atoms with E-state index in [4.69, 9.17) is 11.6 Å². The van der Waals surface area contributed by atoms with E-state index < -0.39 is 0 Å². The van der Waals surface area contributed by atoms with E-state index in [1.54, 1.807) is 6.33 Å². The molecular weight excluding hydrogens is 450 g/mol. The second-order valence-electron chi connectivity index (χ2n) is 10.5. The van der Waals surface area contributed by atoms with Crippen LogP contribution in [0.4, 0.5) is 5.82 Å². The predicted molar refractivity (Wildman–Crippen MR) is 133 cm³/mol. The van der Waals surface area contributed by atoms with Crippen LogP contribution in [-0.2, 0) is 11.2 Å². The van der Waals surface area contributed by atoms with Crippen molar-refractivity contribution < 1.29 is 9.90 Å². The van der Waals surface area contributed by atoms with Crippen LogP contribution >= 0.6 is 11.6 Å². The molecule has 2 fully saturated rings. The molecule has 34 heavy (non-hydrogen) atoms. The molecule has 182 valence electrons. The first-order chi connectivity index (χ1) is 16.4. The van der Waals surface area contributed by atoms with Gasteiger partial charge in [0.15, 0.2) is 0 Å². The number of carbonyl (C=O) groups is 1. The Morgan fingerprint density at radius 2 is 1.91 bits per heavy atom. The van der Waals surface area contributed by atoms with Crippen molar-refractivity contribution in [3.05, 3.63) is 52.4 Å². The minimum absolute atomic E-state index is 0.0327. The number of aliphatic hydroxyl groups excluding tert-OH is 1. The molecule has 0 radical (unpaired) electrons. The molecule has 3 atom stereocenters. The third kappa shape index (κ3) is 4.53. The fraction of sp³-hybridized carbons (Fsp3) is 0.577. The van der Waals surface area contributed by atoms with E-state index in [0.717, 1.165) is 61.4 Å². The highest BCUT2D eigenvalue weighted by Gasteiger charge is 2.41. The third-order valence-corrected chi connectivity index (χ3v) is 8.00. The molecule has 2 aliphatic heterocycles. The second kappa shape index (κ2) is 9.44. The summed E-state index contributed by atoms with van der Waals surface area (Å²) in [6.07, 6.45) is 5.47. The topological polar surface area (TPSA) is 81.6 Å². The Bertz CT molecular complexity index is 1040. The maximum absolute atomic E-state index is 13.9. The molecular formula is C26H34ClN5O2. The standard InChI is InChI=1S/C26H34ClN5O2/c1-26(2)10-9-21(30-26)23(17-3-6-19(27)7-4-17)25(34)32-13-11-31(12-14-32)24-22-18(15-33)5-8-20(22)28-16-29-24/h3-4,6-7,16,18,21,23,30,33H,5,8-15H2,1-2H3/t18?,21-,23-/m0/s1. The third-order valence-electron chi connectivity index (χ3n) is 7.75. The average Bonchev–Trinajstić information content (AvgIpc) is 3.43. The van der Waals surface area contributed by atoms with Crippen LogP contribution in [0.2, 0.25) is 5.02 Å². The van der Waals surface area contributed by atoms with E-state index in [0.29, 0.717) is 18.1 Å². The normalized spacial score (nSPS) is 24.8. The number of hydrogen-bond acceptors (Lipinski definition) is 6. The van der Waals surface area contributed by atoms with Crippen molar-refractivity contribution in [1.29, 1.82) is 0 Å². The summed E-state index contributed by atoms with van der Waals surface area (Å²) in [5, 5.41) is 14.2. The van der Waals surface area contributed by atoms with Crippen molar-refractivity contribution in [2.45, 2.75) is 62.9 Å². The Hall–Kier alpha value is -2.22. The quantitative estimate of drug-likeness (QED) is 0.680. The molecule has 3 heterocycles. The molecule has 5 rings (SSSR count). The number of benzene rings is 1. The molecule has 8 heteroatoms. The Labute approximate surface area is 206 Å². The molecule has 1 aliphatic carbocycles. The molecule has 3 aliphatic rings. The average molecular weight is 484 g/mol. The minimum atomic E-state index is -0.229. The smallest absolute Gasteiger partial charge is 0.231 e. The van der Waals surface area contributed by atoms with E-state index in [2.05, 4.69) is 34.0 Å². The van der Waals surface area contributed by atoms with Crippen LogP contribution < -0.4 is 10.2 Å². The van der Waals surface area contributed by atoms with Gasteiger partial charge in [-0.3, -0.25) is 4.79 Å². The summed E-state index contributed by atoms with van der Waals surface area (Å²) in [6, 6.07) is 7.85. The van der Waals surface area contributed by atoms with Gasteiger partial charge < -0.3 is 20.2 Å². The van der Waals surface area contributed by atoms with Gasteiger partial charge in [-0.25, -0.2) is 9.97 Å². The van der Waals surface area contributed by atoms with Crippen LogP contribution in [0.5, 0.6) is 0 Å². The van der Waals surface area contributed by atoms with E-state index in [9.17, 15) is 9.90 Å². The van der Waals surface area contributed by atoms with Gasteiger partial charge in [-0.2, -0.15) is 0 Å². The van der Waals surface area contributed by atoms with Crippen LogP contribution in [-0.4, -0.2) is 70.2 Å².